The van der Waals surface area contributed by atoms with E-state index < -0.39 is 0 Å². The van der Waals surface area contributed by atoms with Gasteiger partial charge in [-0.2, -0.15) is 4.98 Å². The number of pyridine rings is 1. The van der Waals surface area contributed by atoms with Crippen molar-refractivity contribution in [3.05, 3.63) is 54.2 Å². The predicted molar refractivity (Wildman–Crippen MR) is 82.8 cm³/mol. The molecule has 0 atom stereocenters. The molecule has 0 amide bonds. The van der Waals surface area contributed by atoms with Crippen molar-refractivity contribution in [2.24, 2.45) is 0 Å². The Hall–Kier alpha value is -2.56. The van der Waals surface area contributed by atoms with Crippen molar-refractivity contribution in [2.45, 2.75) is 13.3 Å². The fourth-order valence-corrected chi connectivity index (χ4v) is 2.04. The molecule has 0 fully saturated rings. The van der Waals surface area contributed by atoms with E-state index in [2.05, 4.69) is 15.4 Å². The number of fused-ring (bicyclic) bond motifs is 1. The van der Waals surface area contributed by atoms with E-state index in [1.165, 1.54) is 5.56 Å². The van der Waals surface area contributed by atoms with Gasteiger partial charge < -0.3 is 10.1 Å². The third kappa shape index (κ3) is 3.51. The molecule has 0 radical (unpaired) electrons. The molecule has 1 aromatic carbocycles. The highest BCUT2D eigenvalue weighted by Gasteiger charge is 2.02. The monoisotopic (exact) mass is 282 g/mol. The molecule has 5 heteroatoms. The highest BCUT2D eigenvalue weighted by molar-refractivity contribution is 5.45. The second kappa shape index (κ2) is 6.26. The van der Waals surface area contributed by atoms with E-state index in [-0.39, 0.29) is 0 Å². The van der Waals surface area contributed by atoms with Gasteiger partial charge in [-0.15, -0.1) is 5.10 Å². The second-order valence-electron chi connectivity index (χ2n) is 4.88. The zero-order chi connectivity index (χ0) is 14.5. The third-order valence-corrected chi connectivity index (χ3v) is 3.11. The van der Waals surface area contributed by atoms with Gasteiger partial charge in [0.25, 0.3) is 0 Å². The molecule has 0 aliphatic heterocycles. The largest absolute Gasteiger partial charge is 0.494 e. The average molecular weight is 282 g/mol. The number of aryl methyl sites for hydroxylation is 1. The van der Waals surface area contributed by atoms with Crippen LogP contribution in [0.4, 0.5) is 5.95 Å². The first-order valence-corrected chi connectivity index (χ1v) is 7.06. The van der Waals surface area contributed by atoms with Gasteiger partial charge in [0.15, 0.2) is 5.65 Å². The Kier molecular flexibility index (Phi) is 4.00. The van der Waals surface area contributed by atoms with Gasteiger partial charge in [0, 0.05) is 12.7 Å². The van der Waals surface area contributed by atoms with Crippen LogP contribution in [-0.4, -0.2) is 27.7 Å². The molecule has 0 aliphatic rings. The summed E-state index contributed by atoms with van der Waals surface area (Å²) < 4.78 is 7.41. The minimum Gasteiger partial charge on any atom is -0.494 e. The molecule has 0 spiro atoms. The van der Waals surface area contributed by atoms with Gasteiger partial charge >= 0.3 is 0 Å². The molecule has 3 rings (SSSR count). The van der Waals surface area contributed by atoms with E-state index in [1.807, 2.05) is 55.6 Å². The number of rotatable bonds is 6. The summed E-state index contributed by atoms with van der Waals surface area (Å²) in [7, 11) is 0. The Bertz CT molecular complexity index is 709. The minimum atomic E-state index is 0.653. The van der Waals surface area contributed by atoms with E-state index in [9.17, 15) is 0 Å². The molecule has 2 aromatic heterocycles. The van der Waals surface area contributed by atoms with Crippen LogP contribution in [0, 0.1) is 6.92 Å². The summed E-state index contributed by atoms with van der Waals surface area (Å²) >= 11 is 0. The minimum absolute atomic E-state index is 0.653. The number of nitrogens with one attached hydrogen (secondary N) is 1. The van der Waals surface area contributed by atoms with E-state index in [4.69, 9.17) is 4.74 Å². The molecule has 0 aliphatic carbocycles. The summed E-state index contributed by atoms with van der Waals surface area (Å²) in [6.45, 7) is 3.49. The number of benzene rings is 1. The molecule has 0 saturated carbocycles. The van der Waals surface area contributed by atoms with Crippen molar-refractivity contribution in [1.82, 2.24) is 14.6 Å². The summed E-state index contributed by atoms with van der Waals surface area (Å²) in [6.07, 6.45) is 2.81. The number of nitrogens with zero attached hydrogens (tertiary/aromatic N) is 3. The second-order valence-corrected chi connectivity index (χ2v) is 4.88. The fraction of sp³-hybridized carbons (Fsp3) is 0.250. The topological polar surface area (TPSA) is 51.5 Å². The molecule has 0 unspecified atom stereocenters. The first-order chi connectivity index (χ1) is 10.3. The Morgan fingerprint density at radius 1 is 1.19 bits per heavy atom. The Balaban J connectivity index is 1.46. The Morgan fingerprint density at radius 3 is 2.90 bits per heavy atom. The maximum atomic E-state index is 5.63. The Labute approximate surface area is 123 Å². The first kappa shape index (κ1) is 13.4. The van der Waals surface area contributed by atoms with Crippen LogP contribution in [0.25, 0.3) is 5.65 Å². The van der Waals surface area contributed by atoms with Crippen molar-refractivity contribution in [1.29, 1.82) is 0 Å². The summed E-state index contributed by atoms with van der Waals surface area (Å²) in [5.74, 6) is 1.55. The number of anilines is 1. The van der Waals surface area contributed by atoms with Crippen LogP contribution < -0.4 is 10.1 Å². The lowest BCUT2D eigenvalue weighted by atomic mass is 10.3. The number of ether oxygens (including phenoxy) is 1. The van der Waals surface area contributed by atoms with Crippen LogP contribution in [0.2, 0.25) is 0 Å². The molecule has 108 valence electrons. The van der Waals surface area contributed by atoms with Crippen molar-refractivity contribution >= 4 is 11.6 Å². The maximum Gasteiger partial charge on any atom is 0.243 e. The lowest BCUT2D eigenvalue weighted by Gasteiger charge is -2.05. The number of hydrogen-bond acceptors (Lipinski definition) is 4. The van der Waals surface area contributed by atoms with E-state index >= 15 is 0 Å². The molecule has 0 bridgehead atoms. The summed E-state index contributed by atoms with van der Waals surface area (Å²) in [6, 6.07) is 13.9. The number of hydrogen-bond donors (Lipinski definition) is 1. The van der Waals surface area contributed by atoms with Gasteiger partial charge in [0.05, 0.1) is 6.61 Å². The van der Waals surface area contributed by atoms with Gasteiger partial charge in [-0.3, -0.25) is 0 Å². The quantitative estimate of drug-likeness (QED) is 0.706. The van der Waals surface area contributed by atoms with Crippen LogP contribution in [0.1, 0.15) is 12.0 Å². The standard InChI is InChI=1S/C16H18N4O/c1-13-8-10-20-15(12-13)18-16(19-20)17-9-5-11-21-14-6-3-2-4-7-14/h2-4,6-8,10,12H,5,9,11H2,1H3,(H,17,19). The predicted octanol–water partition coefficient (Wildman–Crippen LogP) is 2.92. The smallest absolute Gasteiger partial charge is 0.243 e. The molecule has 1 N–H and O–H groups in total. The molecule has 21 heavy (non-hydrogen) atoms. The molecule has 2 heterocycles. The first-order valence-electron chi connectivity index (χ1n) is 7.06. The van der Waals surface area contributed by atoms with Crippen LogP contribution in [-0.2, 0) is 0 Å². The molecule has 0 saturated heterocycles. The normalized spacial score (nSPS) is 10.7. The molecule has 3 aromatic rings. The van der Waals surface area contributed by atoms with Crippen molar-refractivity contribution in [3.63, 3.8) is 0 Å². The van der Waals surface area contributed by atoms with Gasteiger partial charge in [-0.1, -0.05) is 18.2 Å². The van der Waals surface area contributed by atoms with Gasteiger partial charge in [0.2, 0.25) is 5.95 Å². The Morgan fingerprint density at radius 2 is 2.05 bits per heavy atom. The molecular formula is C16H18N4O. The maximum absolute atomic E-state index is 5.63. The van der Waals surface area contributed by atoms with E-state index in [0.717, 1.165) is 24.4 Å². The van der Waals surface area contributed by atoms with E-state index in [1.54, 1.807) is 4.52 Å². The third-order valence-electron chi connectivity index (χ3n) is 3.11. The van der Waals surface area contributed by atoms with Gasteiger partial charge in [0.1, 0.15) is 5.75 Å². The lowest BCUT2D eigenvalue weighted by molar-refractivity contribution is 0.315. The number of para-hydroxylation sites is 1. The van der Waals surface area contributed by atoms with Crippen molar-refractivity contribution < 1.29 is 4.74 Å². The lowest BCUT2D eigenvalue weighted by Crippen LogP contribution is -2.08. The van der Waals surface area contributed by atoms with Crippen LogP contribution in [0.5, 0.6) is 5.75 Å². The highest BCUT2D eigenvalue weighted by atomic mass is 16.5. The summed E-state index contributed by atoms with van der Waals surface area (Å²) in [4.78, 5) is 4.43. The number of aromatic nitrogens is 3. The summed E-state index contributed by atoms with van der Waals surface area (Å²) in [5.41, 5.74) is 2.04. The zero-order valence-corrected chi connectivity index (χ0v) is 12.0. The van der Waals surface area contributed by atoms with Crippen molar-refractivity contribution in [2.75, 3.05) is 18.5 Å². The summed E-state index contributed by atoms with van der Waals surface area (Å²) in [5, 5.41) is 7.58. The van der Waals surface area contributed by atoms with E-state index in [0.29, 0.717) is 12.6 Å². The highest BCUT2D eigenvalue weighted by Crippen LogP contribution is 2.09. The van der Waals surface area contributed by atoms with Crippen LogP contribution in [0.3, 0.4) is 0 Å². The fourth-order valence-electron chi connectivity index (χ4n) is 2.04. The molecular weight excluding hydrogens is 264 g/mol. The van der Waals surface area contributed by atoms with Gasteiger partial charge in [-0.25, -0.2) is 4.52 Å². The zero-order valence-electron chi connectivity index (χ0n) is 12.0. The van der Waals surface area contributed by atoms with Crippen LogP contribution in [0.15, 0.2) is 48.7 Å². The van der Waals surface area contributed by atoms with Crippen LogP contribution >= 0.6 is 0 Å². The van der Waals surface area contributed by atoms with Crippen molar-refractivity contribution in [3.8, 4) is 5.75 Å². The van der Waals surface area contributed by atoms with Gasteiger partial charge in [-0.05, 0) is 43.2 Å². The SMILES string of the molecule is Cc1ccn2nc(NCCCOc3ccccc3)nc2c1. The molecule has 5 nitrogen and oxygen atoms in total. The average Bonchev–Trinajstić information content (AvgIpc) is 2.90.